The molecular formula is C20H22N6O2S2. The summed E-state index contributed by atoms with van der Waals surface area (Å²) in [6.07, 6.45) is 3.43. The second kappa shape index (κ2) is 7.92. The number of aromatic amines is 1. The molecule has 1 aliphatic heterocycles. The second-order valence-electron chi connectivity index (χ2n) is 7.40. The van der Waals surface area contributed by atoms with Gasteiger partial charge in [0.05, 0.1) is 10.2 Å². The Hall–Kier alpha value is -2.59. The third kappa shape index (κ3) is 3.43. The molecule has 30 heavy (non-hydrogen) atoms. The lowest BCUT2D eigenvalue weighted by atomic mass is 10.1. The number of para-hydroxylation sites is 1. The molecule has 0 saturated carbocycles. The smallest absolute Gasteiger partial charge is 0.329 e. The third-order valence-electron chi connectivity index (χ3n) is 5.44. The first-order valence-electron chi connectivity index (χ1n) is 10.0. The minimum absolute atomic E-state index is 0.381. The standard InChI is InChI=1S/C20H22N6O2S2/c1-24-16-15(17(27)23-19(24)28)26(18(22-16)25-9-5-2-6-10-25)11-12-29-20-21-13-7-3-4-8-14(13)30-20/h3-4,7-8H,2,5-6,9-12H2,1H3,(H,23,27,28). The van der Waals surface area contributed by atoms with E-state index in [1.165, 1.54) is 15.7 Å². The number of thioether (sulfide) groups is 1. The Bertz CT molecular complexity index is 1300. The van der Waals surface area contributed by atoms with Gasteiger partial charge in [-0.3, -0.25) is 14.3 Å². The molecule has 3 aromatic heterocycles. The van der Waals surface area contributed by atoms with Crippen molar-refractivity contribution in [3.05, 3.63) is 45.1 Å². The number of hydrogen-bond acceptors (Lipinski definition) is 7. The van der Waals surface area contributed by atoms with Gasteiger partial charge >= 0.3 is 5.69 Å². The Morgan fingerprint density at radius 1 is 1.13 bits per heavy atom. The molecule has 0 aliphatic carbocycles. The van der Waals surface area contributed by atoms with Crippen LogP contribution in [0.1, 0.15) is 19.3 Å². The lowest BCUT2D eigenvalue weighted by molar-refractivity contribution is 0.559. The number of thiazole rings is 1. The van der Waals surface area contributed by atoms with E-state index in [9.17, 15) is 9.59 Å². The fraction of sp³-hybridized carbons (Fsp3) is 0.400. The van der Waals surface area contributed by atoms with Gasteiger partial charge in [0.25, 0.3) is 5.56 Å². The van der Waals surface area contributed by atoms with Gasteiger partial charge in [-0.15, -0.1) is 11.3 Å². The monoisotopic (exact) mass is 442 g/mol. The number of aromatic nitrogens is 5. The number of rotatable bonds is 5. The van der Waals surface area contributed by atoms with Gasteiger partial charge in [0, 0.05) is 32.4 Å². The third-order valence-corrected chi connectivity index (χ3v) is 7.60. The number of H-pyrrole nitrogens is 1. The van der Waals surface area contributed by atoms with Gasteiger partial charge in [-0.05, 0) is 31.4 Å². The van der Waals surface area contributed by atoms with E-state index in [1.54, 1.807) is 30.1 Å². The summed E-state index contributed by atoms with van der Waals surface area (Å²) in [6, 6.07) is 8.12. The predicted molar refractivity (Wildman–Crippen MR) is 122 cm³/mol. The zero-order chi connectivity index (χ0) is 20.7. The fourth-order valence-electron chi connectivity index (χ4n) is 3.91. The number of anilines is 1. The first-order valence-corrected chi connectivity index (χ1v) is 11.8. The molecule has 1 N–H and O–H groups in total. The zero-order valence-electron chi connectivity index (χ0n) is 16.6. The molecule has 5 rings (SSSR count). The molecule has 4 aromatic rings. The van der Waals surface area contributed by atoms with Crippen LogP contribution in [0, 0.1) is 0 Å². The average Bonchev–Trinajstić information content (AvgIpc) is 3.34. The molecule has 1 aromatic carbocycles. The molecular weight excluding hydrogens is 420 g/mol. The van der Waals surface area contributed by atoms with E-state index in [-0.39, 0.29) is 5.56 Å². The van der Waals surface area contributed by atoms with Crippen LogP contribution in [-0.2, 0) is 13.6 Å². The first kappa shape index (κ1) is 19.4. The number of benzene rings is 1. The number of imidazole rings is 1. The molecule has 1 saturated heterocycles. The summed E-state index contributed by atoms with van der Waals surface area (Å²) in [5.74, 6) is 1.54. The molecule has 1 fully saturated rings. The molecule has 0 atom stereocenters. The number of nitrogens with one attached hydrogen (secondary N) is 1. The van der Waals surface area contributed by atoms with Crippen LogP contribution >= 0.6 is 23.1 Å². The van der Waals surface area contributed by atoms with Crippen LogP contribution in [0.15, 0.2) is 38.2 Å². The minimum atomic E-state index is -0.439. The quantitative estimate of drug-likeness (QED) is 0.478. The Morgan fingerprint density at radius 2 is 1.93 bits per heavy atom. The summed E-state index contributed by atoms with van der Waals surface area (Å²) in [6.45, 7) is 2.45. The van der Waals surface area contributed by atoms with Crippen molar-refractivity contribution in [2.24, 2.45) is 7.05 Å². The minimum Gasteiger partial charge on any atom is -0.342 e. The van der Waals surface area contributed by atoms with Crippen molar-refractivity contribution in [1.82, 2.24) is 24.1 Å². The van der Waals surface area contributed by atoms with E-state index in [0.717, 1.165) is 47.5 Å². The van der Waals surface area contributed by atoms with Gasteiger partial charge in [0.2, 0.25) is 5.95 Å². The normalized spacial score (nSPS) is 14.8. The highest BCUT2D eigenvalue weighted by molar-refractivity contribution is 8.01. The van der Waals surface area contributed by atoms with Crippen LogP contribution in [-0.4, -0.2) is 42.9 Å². The summed E-state index contributed by atoms with van der Waals surface area (Å²) in [5.41, 5.74) is 1.09. The zero-order valence-corrected chi connectivity index (χ0v) is 18.3. The highest BCUT2D eigenvalue weighted by Gasteiger charge is 2.22. The Labute approximate surface area is 180 Å². The fourth-order valence-corrected chi connectivity index (χ4v) is 5.97. The van der Waals surface area contributed by atoms with Crippen LogP contribution in [0.3, 0.4) is 0 Å². The molecule has 10 heteroatoms. The Kier molecular flexibility index (Phi) is 5.11. The summed E-state index contributed by atoms with van der Waals surface area (Å²) in [7, 11) is 1.65. The first-order chi connectivity index (χ1) is 14.6. The van der Waals surface area contributed by atoms with Gasteiger partial charge in [0.1, 0.15) is 0 Å². The van der Waals surface area contributed by atoms with Crippen molar-refractivity contribution in [3.8, 4) is 0 Å². The van der Waals surface area contributed by atoms with E-state index in [4.69, 9.17) is 4.98 Å². The summed E-state index contributed by atoms with van der Waals surface area (Å²) in [5, 5.41) is 0. The molecule has 4 heterocycles. The van der Waals surface area contributed by atoms with Crippen molar-refractivity contribution in [2.45, 2.75) is 30.1 Å². The van der Waals surface area contributed by atoms with Crippen molar-refractivity contribution < 1.29 is 0 Å². The topological polar surface area (TPSA) is 88.8 Å². The average molecular weight is 443 g/mol. The Balaban J connectivity index is 1.48. The predicted octanol–water partition coefficient (Wildman–Crippen LogP) is 2.82. The van der Waals surface area contributed by atoms with Crippen molar-refractivity contribution in [2.75, 3.05) is 23.7 Å². The van der Waals surface area contributed by atoms with Gasteiger partial charge in [0.15, 0.2) is 15.5 Å². The van der Waals surface area contributed by atoms with Crippen LogP contribution < -0.4 is 16.1 Å². The van der Waals surface area contributed by atoms with Crippen LogP contribution in [0.25, 0.3) is 21.4 Å². The molecule has 0 amide bonds. The molecule has 0 spiro atoms. The molecule has 8 nitrogen and oxygen atoms in total. The van der Waals surface area contributed by atoms with E-state index in [1.807, 2.05) is 22.8 Å². The van der Waals surface area contributed by atoms with Gasteiger partial charge in [-0.25, -0.2) is 9.78 Å². The summed E-state index contributed by atoms with van der Waals surface area (Å²) < 4.78 is 5.58. The van der Waals surface area contributed by atoms with Gasteiger partial charge in [-0.2, -0.15) is 4.98 Å². The number of fused-ring (bicyclic) bond motifs is 2. The number of nitrogens with zero attached hydrogens (tertiary/aromatic N) is 5. The largest absolute Gasteiger partial charge is 0.342 e. The maximum absolute atomic E-state index is 12.7. The highest BCUT2D eigenvalue weighted by atomic mass is 32.2. The van der Waals surface area contributed by atoms with E-state index >= 15 is 0 Å². The summed E-state index contributed by atoms with van der Waals surface area (Å²) >= 11 is 3.36. The van der Waals surface area contributed by atoms with E-state index < -0.39 is 5.69 Å². The SMILES string of the molecule is Cn1c(=O)[nH]c(=O)c2c1nc(N1CCCCC1)n2CCSc1nc2ccccc2s1. The Morgan fingerprint density at radius 3 is 2.73 bits per heavy atom. The second-order valence-corrected chi connectivity index (χ2v) is 9.77. The van der Waals surface area contributed by atoms with Crippen LogP contribution in [0.4, 0.5) is 5.95 Å². The molecule has 1 aliphatic rings. The van der Waals surface area contributed by atoms with Crippen molar-refractivity contribution >= 4 is 50.4 Å². The maximum atomic E-state index is 12.7. The van der Waals surface area contributed by atoms with E-state index in [0.29, 0.717) is 17.7 Å². The maximum Gasteiger partial charge on any atom is 0.329 e. The van der Waals surface area contributed by atoms with Crippen LogP contribution in [0.2, 0.25) is 0 Å². The lowest BCUT2D eigenvalue weighted by Crippen LogP contribution is -2.32. The summed E-state index contributed by atoms with van der Waals surface area (Å²) in [4.78, 5) is 38.8. The molecule has 0 radical (unpaired) electrons. The number of hydrogen-bond donors (Lipinski definition) is 1. The van der Waals surface area contributed by atoms with Gasteiger partial charge in [-0.1, -0.05) is 23.9 Å². The molecule has 156 valence electrons. The number of piperidine rings is 1. The number of aryl methyl sites for hydroxylation is 2. The highest BCUT2D eigenvalue weighted by Crippen LogP contribution is 2.30. The van der Waals surface area contributed by atoms with Crippen molar-refractivity contribution in [3.63, 3.8) is 0 Å². The molecule has 0 unspecified atom stereocenters. The molecule has 0 bridgehead atoms. The lowest BCUT2D eigenvalue weighted by Gasteiger charge is -2.28. The van der Waals surface area contributed by atoms with Crippen molar-refractivity contribution in [1.29, 1.82) is 0 Å². The van der Waals surface area contributed by atoms with Crippen LogP contribution in [0.5, 0.6) is 0 Å². The van der Waals surface area contributed by atoms with E-state index in [2.05, 4.69) is 20.9 Å². The van der Waals surface area contributed by atoms with Gasteiger partial charge < -0.3 is 9.47 Å².